The summed E-state index contributed by atoms with van der Waals surface area (Å²) in [5, 5.41) is 0. The molecule has 0 N–H and O–H groups in total. The highest BCUT2D eigenvalue weighted by Gasteiger charge is 2.39. The third-order valence-corrected chi connectivity index (χ3v) is 2.54. The van der Waals surface area contributed by atoms with E-state index in [4.69, 9.17) is 0 Å². The zero-order valence-corrected chi connectivity index (χ0v) is 6.84. The molecular weight excluding hydrogens is 124 g/mol. The predicted molar refractivity (Wildman–Crippen MR) is 41.7 cm³/mol. The van der Waals surface area contributed by atoms with Crippen LogP contribution in [0.15, 0.2) is 0 Å². The molecule has 0 saturated heterocycles. The molecule has 0 aromatic heterocycles. The highest BCUT2D eigenvalue weighted by Crippen LogP contribution is 2.44. The standard InChI is InChI=1S/C9H16O/c1-3-4-7(2)9-5-8(9)6-10/h6-9H,3-5H2,1-2H3/t7-,8+,9-/m0/s1. The SMILES string of the molecule is CCC[C@H](C)[C@@H]1C[C@@H]1C=O. The maximum absolute atomic E-state index is 10.3. The van der Waals surface area contributed by atoms with Gasteiger partial charge in [0.25, 0.3) is 0 Å². The summed E-state index contributed by atoms with van der Waals surface area (Å²) < 4.78 is 0. The molecule has 1 rings (SSSR count). The van der Waals surface area contributed by atoms with E-state index in [2.05, 4.69) is 13.8 Å². The Morgan fingerprint density at radius 3 is 2.80 bits per heavy atom. The zero-order chi connectivity index (χ0) is 7.56. The van der Waals surface area contributed by atoms with Gasteiger partial charge in [-0.15, -0.1) is 0 Å². The highest BCUT2D eigenvalue weighted by molar-refractivity contribution is 5.58. The van der Waals surface area contributed by atoms with Crippen molar-refractivity contribution in [3.63, 3.8) is 0 Å². The number of carbonyl (C=O) groups is 1. The maximum atomic E-state index is 10.3. The van der Waals surface area contributed by atoms with Gasteiger partial charge in [0.05, 0.1) is 0 Å². The monoisotopic (exact) mass is 140 g/mol. The van der Waals surface area contributed by atoms with E-state index >= 15 is 0 Å². The summed E-state index contributed by atoms with van der Waals surface area (Å²) in [5.41, 5.74) is 0. The fourth-order valence-electron chi connectivity index (χ4n) is 1.72. The molecule has 1 fully saturated rings. The first kappa shape index (κ1) is 7.77. The van der Waals surface area contributed by atoms with Crippen molar-refractivity contribution in [2.45, 2.75) is 33.1 Å². The van der Waals surface area contributed by atoms with Crippen LogP contribution in [0.2, 0.25) is 0 Å². The summed E-state index contributed by atoms with van der Waals surface area (Å²) in [5.74, 6) is 1.93. The molecule has 1 heteroatoms. The first-order valence-electron chi connectivity index (χ1n) is 4.24. The molecule has 1 saturated carbocycles. The molecule has 1 nitrogen and oxygen atoms in total. The predicted octanol–water partition coefficient (Wildman–Crippen LogP) is 2.26. The van der Waals surface area contributed by atoms with Crippen molar-refractivity contribution in [3.05, 3.63) is 0 Å². The average molecular weight is 140 g/mol. The molecule has 0 amide bonds. The molecule has 0 bridgehead atoms. The molecule has 0 aromatic carbocycles. The lowest BCUT2D eigenvalue weighted by Crippen LogP contribution is -1.98. The van der Waals surface area contributed by atoms with Crippen LogP contribution in [0.1, 0.15) is 33.1 Å². The number of carbonyl (C=O) groups excluding carboxylic acids is 1. The summed E-state index contributed by atoms with van der Waals surface area (Å²) >= 11 is 0. The van der Waals surface area contributed by atoms with Crippen LogP contribution < -0.4 is 0 Å². The molecule has 0 aliphatic heterocycles. The molecule has 0 radical (unpaired) electrons. The van der Waals surface area contributed by atoms with E-state index in [1.54, 1.807) is 0 Å². The molecule has 0 aromatic rings. The van der Waals surface area contributed by atoms with Gasteiger partial charge in [0.15, 0.2) is 0 Å². The van der Waals surface area contributed by atoms with Gasteiger partial charge >= 0.3 is 0 Å². The van der Waals surface area contributed by atoms with E-state index in [-0.39, 0.29) is 0 Å². The van der Waals surface area contributed by atoms with Gasteiger partial charge in [-0.1, -0.05) is 26.7 Å². The Bertz CT molecular complexity index is 120. The molecule has 58 valence electrons. The highest BCUT2D eigenvalue weighted by atomic mass is 16.1. The van der Waals surface area contributed by atoms with E-state index in [1.165, 1.54) is 12.8 Å². The van der Waals surface area contributed by atoms with Gasteiger partial charge in [0.1, 0.15) is 6.29 Å². The topological polar surface area (TPSA) is 17.1 Å². The number of hydrogen-bond acceptors (Lipinski definition) is 1. The van der Waals surface area contributed by atoms with E-state index in [0.29, 0.717) is 5.92 Å². The van der Waals surface area contributed by atoms with Crippen LogP contribution >= 0.6 is 0 Å². The van der Waals surface area contributed by atoms with E-state index in [9.17, 15) is 4.79 Å². The minimum atomic E-state index is 0.418. The second kappa shape index (κ2) is 3.18. The third-order valence-electron chi connectivity index (χ3n) is 2.54. The van der Waals surface area contributed by atoms with Crippen LogP contribution in [0.5, 0.6) is 0 Å². The Hall–Kier alpha value is -0.330. The lowest BCUT2D eigenvalue weighted by atomic mass is 9.99. The van der Waals surface area contributed by atoms with Gasteiger partial charge in [-0.05, 0) is 18.3 Å². The molecule has 1 aliphatic carbocycles. The Morgan fingerprint density at radius 2 is 2.40 bits per heavy atom. The quantitative estimate of drug-likeness (QED) is 0.547. The van der Waals surface area contributed by atoms with Crippen LogP contribution in [0.25, 0.3) is 0 Å². The molecular formula is C9H16O. The minimum Gasteiger partial charge on any atom is -0.303 e. The molecule has 3 atom stereocenters. The summed E-state index contributed by atoms with van der Waals surface area (Å²) in [4.78, 5) is 10.3. The lowest BCUT2D eigenvalue weighted by molar-refractivity contribution is -0.109. The van der Waals surface area contributed by atoms with E-state index < -0.39 is 0 Å². The van der Waals surface area contributed by atoms with Gasteiger partial charge in [-0.2, -0.15) is 0 Å². The van der Waals surface area contributed by atoms with Crippen LogP contribution in [0.4, 0.5) is 0 Å². The maximum Gasteiger partial charge on any atom is 0.123 e. The summed E-state index contributed by atoms with van der Waals surface area (Å²) in [6.45, 7) is 4.46. The lowest BCUT2D eigenvalue weighted by Gasteiger charge is -2.06. The normalized spacial score (nSPS) is 33.4. The van der Waals surface area contributed by atoms with Crippen LogP contribution in [-0.4, -0.2) is 6.29 Å². The number of hydrogen-bond donors (Lipinski definition) is 0. The summed E-state index contributed by atoms with van der Waals surface area (Å²) in [6, 6.07) is 0. The van der Waals surface area contributed by atoms with Crippen molar-refractivity contribution < 1.29 is 4.79 Å². The van der Waals surface area contributed by atoms with Gasteiger partial charge < -0.3 is 4.79 Å². The average Bonchev–Trinajstić information content (AvgIpc) is 2.66. The first-order chi connectivity index (χ1) is 4.79. The van der Waals surface area contributed by atoms with Crippen molar-refractivity contribution in [3.8, 4) is 0 Å². The van der Waals surface area contributed by atoms with E-state index in [1.807, 2.05) is 0 Å². The number of rotatable bonds is 4. The van der Waals surface area contributed by atoms with Crippen LogP contribution in [-0.2, 0) is 4.79 Å². The summed E-state index contributed by atoms with van der Waals surface area (Å²) in [7, 11) is 0. The Balaban J connectivity index is 2.18. The van der Waals surface area contributed by atoms with Gasteiger partial charge in [-0.25, -0.2) is 0 Å². The van der Waals surface area contributed by atoms with Crippen LogP contribution in [0.3, 0.4) is 0 Å². The molecule has 0 spiro atoms. The molecule has 10 heavy (non-hydrogen) atoms. The Kier molecular flexibility index (Phi) is 2.47. The summed E-state index contributed by atoms with van der Waals surface area (Å²) in [6.07, 6.45) is 4.82. The second-order valence-corrected chi connectivity index (χ2v) is 3.47. The fourth-order valence-corrected chi connectivity index (χ4v) is 1.72. The Labute approximate surface area is 62.8 Å². The molecule has 0 heterocycles. The second-order valence-electron chi connectivity index (χ2n) is 3.47. The smallest absolute Gasteiger partial charge is 0.123 e. The van der Waals surface area contributed by atoms with Crippen molar-refractivity contribution in [2.24, 2.45) is 17.8 Å². The number of aldehydes is 1. The van der Waals surface area contributed by atoms with E-state index in [0.717, 1.165) is 24.5 Å². The molecule has 1 aliphatic rings. The Morgan fingerprint density at radius 1 is 1.70 bits per heavy atom. The fraction of sp³-hybridized carbons (Fsp3) is 0.889. The van der Waals surface area contributed by atoms with Crippen LogP contribution in [0, 0.1) is 17.8 Å². The van der Waals surface area contributed by atoms with Crippen molar-refractivity contribution in [1.29, 1.82) is 0 Å². The van der Waals surface area contributed by atoms with Crippen molar-refractivity contribution >= 4 is 6.29 Å². The van der Waals surface area contributed by atoms with Gasteiger partial charge in [0.2, 0.25) is 0 Å². The first-order valence-corrected chi connectivity index (χ1v) is 4.24. The third kappa shape index (κ3) is 1.59. The zero-order valence-electron chi connectivity index (χ0n) is 6.84. The minimum absolute atomic E-state index is 0.418. The largest absolute Gasteiger partial charge is 0.303 e. The van der Waals surface area contributed by atoms with Gasteiger partial charge in [-0.3, -0.25) is 0 Å². The molecule has 0 unspecified atom stereocenters. The van der Waals surface area contributed by atoms with Crippen molar-refractivity contribution in [1.82, 2.24) is 0 Å². The van der Waals surface area contributed by atoms with Gasteiger partial charge in [0, 0.05) is 5.92 Å². The van der Waals surface area contributed by atoms with Crippen molar-refractivity contribution in [2.75, 3.05) is 0 Å².